The SMILES string of the molecule is COc1ccc(NC(=O)CCCc2nc(-c3cc4cc(C)ccc4[nH]c3=O)no2)cc1. The summed E-state index contributed by atoms with van der Waals surface area (Å²) < 4.78 is 10.4. The maximum atomic E-state index is 12.4. The number of H-pyrrole nitrogens is 1. The lowest BCUT2D eigenvalue weighted by atomic mass is 10.1. The quantitative estimate of drug-likeness (QED) is 0.472. The zero-order valence-electron chi connectivity index (χ0n) is 17.3. The first-order valence-electron chi connectivity index (χ1n) is 9.92. The van der Waals surface area contributed by atoms with Crippen LogP contribution in [0, 0.1) is 6.92 Å². The number of carbonyl (C=O) groups is 1. The van der Waals surface area contributed by atoms with E-state index in [4.69, 9.17) is 9.26 Å². The van der Waals surface area contributed by atoms with Crippen LogP contribution in [0.25, 0.3) is 22.3 Å². The molecule has 0 aliphatic rings. The highest BCUT2D eigenvalue weighted by molar-refractivity contribution is 5.90. The Morgan fingerprint density at radius 3 is 2.74 bits per heavy atom. The van der Waals surface area contributed by atoms with Crippen molar-refractivity contribution in [2.24, 2.45) is 0 Å². The molecule has 2 aromatic carbocycles. The summed E-state index contributed by atoms with van der Waals surface area (Å²) in [5.41, 5.74) is 2.63. The van der Waals surface area contributed by atoms with E-state index in [0.717, 1.165) is 22.2 Å². The molecule has 2 heterocycles. The van der Waals surface area contributed by atoms with E-state index in [2.05, 4.69) is 20.4 Å². The molecule has 0 radical (unpaired) electrons. The number of amides is 1. The van der Waals surface area contributed by atoms with Crippen LogP contribution in [0.15, 0.2) is 57.8 Å². The molecule has 158 valence electrons. The van der Waals surface area contributed by atoms with Gasteiger partial charge in [0.05, 0.1) is 12.7 Å². The van der Waals surface area contributed by atoms with Crippen LogP contribution in [-0.2, 0) is 11.2 Å². The van der Waals surface area contributed by atoms with Crippen LogP contribution in [0.5, 0.6) is 5.75 Å². The summed E-state index contributed by atoms with van der Waals surface area (Å²) in [6.45, 7) is 1.99. The molecule has 0 saturated carbocycles. The fourth-order valence-electron chi connectivity index (χ4n) is 3.26. The standard InChI is InChI=1S/C23H22N4O4/c1-14-6-11-19-15(12-14)13-18(23(29)25-19)22-26-21(31-27-22)5-3-4-20(28)24-16-7-9-17(30-2)10-8-16/h6-13H,3-5H2,1-2H3,(H,24,28)(H,25,29). The van der Waals surface area contributed by atoms with E-state index in [1.165, 1.54) is 0 Å². The second kappa shape index (κ2) is 8.83. The van der Waals surface area contributed by atoms with E-state index in [9.17, 15) is 9.59 Å². The first kappa shape index (κ1) is 20.3. The summed E-state index contributed by atoms with van der Waals surface area (Å²) >= 11 is 0. The molecule has 8 nitrogen and oxygen atoms in total. The van der Waals surface area contributed by atoms with E-state index in [1.807, 2.05) is 25.1 Å². The van der Waals surface area contributed by atoms with Gasteiger partial charge in [0.25, 0.3) is 5.56 Å². The van der Waals surface area contributed by atoms with Gasteiger partial charge in [-0.1, -0.05) is 16.8 Å². The number of aromatic amines is 1. The molecule has 0 aliphatic heterocycles. The topological polar surface area (TPSA) is 110 Å². The molecule has 0 spiro atoms. The summed E-state index contributed by atoms with van der Waals surface area (Å²) in [6, 6.07) is 14.7. The zero-order valence-corrected chi connectivity index (χ0v) is 17.3. The van der Waals surface area contributed by atoms with Crippen molar-refractivity contribution in [3.63, 3.8) is 0 Å². The molecule has 2 N–H and O–H groups in total. The lowest BCUT2D eigenvalue weighted by Gasteiger charge is -2.05. The molecular formula is C23H22N4O4. The number of hydrogen-bond acceptors (Lipinski definition) is 6. The zero-order chi connectivity index (χ0) is 21.8. The second-order valence-electron chi connectivity index (χ2n) is 7.24. The predicted octanol–water partition coefficient (Wildman–Crippen LogP) is 3.86. The van der Waals surface area contributed by atoms with Gasteiger partial charge in [-0.25, -0.2) is 0 Å². The minimum absolute atomic E-state index is 0.105. The highest BCUT2D eigenvalue weighted by Gasteiger charge is 2.14. The Morgan fingerprint density at radius 1 is 1.16 bits per heavy atom. The molecule has 0 saturated heterocycles. The van der Waals surface area contributed by atoms with E-state index in [-0.39, 0.29) is 17.3 Å². The number of rotatable bonds is 7. The van der Waals surface area contributed by atoms with Crippen molar-refractivity contribution >= 4 is 22.5 Å². The number of nitrogens with one attached hydrogen (secondary N) is 2. The number of fused-ring (bicyclic) bond motifs is 1. The number of pyridine rings is 1. The van der Waals surface area contributed by atoms with Gasteiger partial charge in [-0.05, 0) is 61.2 Å². The molecule has 2 aromatic heterocycles. The molecule has 1 amide bonds. The van der Waals surface area contributed by atoms with Crippen molar-refractivity contribution in [3.8, 4) is 17.1 Å². The molecule has 0 aliphatic carbocycles. The Hall–Kier alpha value is -3.94. The normalized spacial score (nSPS) is 10.9. The Labute approximate surface area is 178 Å². The summed E-state index contributed by atoms with van der Waals surface area (Å²) in [4.78, 5) is 31.7. The van der Waals surface area contributed by atoms with Crippen molar-refractivity contribution in [2.45, 2.75) is 26.2 Å². The van der Waals surface area contributed by atoms with Crippen molar-refractivity contribution in [1.29, 1.82) is 0 Å². The van der Waals surface area contributed by atoms with Gasteiger partial charge in [0.1, 0.15) is 5.75 Å². The van der Waals surface area contributed by atoms with Gasteiger partial charge in [0.15, 0.2) is 0 Å². The van der Waals surface area contributed by atoms with Gasteiger partial charge < -0.3 is 19.6 Å². The van der Waals surface area contributed by atoms with Gasteiger partial charge in [0.2, 0.25) is 17.6 Å². The van der Waals surface area contributed by atoms with Gasteiger partial charge in [0, 0.05) is 24.0 Å². The molecule has 0 fully saturated rings. The highest BCUT2D eigenvalue weighted by atomic mass is 16.5. The molecule has 0 atom stereocenters. The Kier molecular flexibility index (Phi) is 5.79. The largest absolute Gasteiger partial charge is 0.497 e. The molecule has 4 aromatic rings. The van der Waals surface area contributed by atoms with Crippen LogP contribution in [0.2, 0.25) is 0 Å². The summed E-state index contributed by atoms with van der Waals surface area (Å²) in [7, 11) is 1.59. The molecule has 8 heteroatoms. The van der Waals surface area contributed by atoms with Crippen LogP contribution < -0.4 is 15.6 Å². The molecule has 0 bridgehead atoms. The van der Waals surface area contributed by atoms with E-state index in [1.54, 1.807) is 37.4 Å². The summed E-state index contributed by atoms with van der Waals surface area (Å²) in [5.74, 6) is 1.25. The second-order valence-corrected chi connectivity index (χ2v) is 7.24. The number of carbonyl (C=O) groups excluding carboxylic acids is 1. The third-order valence-corrected chi connectivity index (χ3v) is 4.88. The first-order valence-corrected chi connectivity index (χ1v) is 9.92. The fraction of sp³-hybridized carbons (Fsp3) is 0.217. The van der Waals surface area contributed by atoms with Gasteiger partial charge in [-0.2, -0.15) is 4.98 Å². The highest BCUT2D eigenvalue weighted by Crippen LogP contribution is 2.19. The fourth-order valence-corrected chi connectivity index (χ4v) is 3.26. The number of methoxy groups -OCH3 is 1. The van der Waals surface area contributed by atoms with Crippen LogP contribution in [0.1, 0.15) is 24.3 Å². The lowest BCUT2D eigenvalue weighted by Crippen LogP contribution is -2.11. The van der Waals surface area contributed by atoms with E-state index < -0.39 is 0 Å². The van der Waals surface area contributed by atoms with Crippen molar-refractivity contribution < 1.29 is 14.1 Å². The van der Waals surface area contributed by atoms with Crippen LogP contribution in [-0.4, -0.2) is 28.1 Å². The number of aryl methyl sites for hydroxylation is 2. The molecule has 4 rings (SSSR count). The van der Waals surface area contributed by atoms with Crippen molar-refractivity contribution in [1.82, 2.24) is 15.1 Å². The smallest absolute Gasteiger partial charge is 0.259 e. The summed E-state index contributed by atoms with van der Waals surface area (Å²) in [6.07, 6.45) is 1.28. The Morgan fingerprint density at radius 2 is 1.97 bits per heavy atom. The number of hydrogen-bond donors (Lipinski definition) is 2. The number of benzene rings is 2. The van der Waals surface area contributed by atoms with E-state index >= 15 is 0 Å². The van der Waals surface area contributed by atoms with Gasteiger partial charge in [-0.15, -0.1) is 0 Å². The van der Waals surface area contributed by atoms with E-state index in [0.29, 0.717) is 36.4 Å². The van der Waals surface area contributed by atoms with Crippen LogP contribution in [0.3, 0.4) is 0 Å². The van der Waals surface area contributed by atoms with Crippen LogP contribution in [0.4, 0.5) is 5.69 Å². The number of aromatic nitrogens is 3. The average molecular weight is 418 g/mol. The molecular weight excluding hydrogens is 396 g/mol. The Bertz CT molecular complexity index is 1270. The Balaban J connectivity index is 1.37. The monoisotopic (exact) mass is 418 g/mol. The average Bonchev–Trinajstić information content (AvgIpc) is 3.22. The van der Waals surface area contributed by atoms with Gasteiger partial charge in [-0.3, -0.25) is 9.59 Å². The third-order valence-electron chi connectivity index (χ3n) is 4.88. The van der Waals surface area contributed by atoms with Crippen molar-refractivity contribution in [3.05, 3.63) is 70.3 Å². The summed E-state index contributed by atoms with van der Waals surface area (Å²) in [5, 5.41) is 7.67. The number of ether oxygens (including phenoxy) is 1. The maximum absolute atomic E-state index is 12.4. The molecule has 31 heavy (non-hydrogen) atoms. The minimum atomic E-state index is -0.275. The predicted molar refractivity (Wildman–Crippen MR) is 117 cm³/mol. The van der Waals surface area contributed by atoms with Crippen molar-refractivity contribution in [2.75, 3.05) is 12.4 Å². The third kappa shape index (κ3) is 4.80. The number of nitrogens with zero attached hydrogens (tertiary/aromatic N) is 2. The molecule has 0 unspecified atom stereocenters. The van der Waals surface area contributed by atoms with Gasteiger partial charge >= 0.3 is 0 Å². The maximum Gasteiger partial charge on any atom is 0.259 e. The minimum Gasteiger partial charge on any atom is -0.497 e. The van der Waals surface area contributed by atoms with Crippen LogP contribution >= 0.6 is 0 Å². The first-order chi connectivity index (χ1) is 15.0. The number of anilines is 1. The lowest BCUT2D eigenvalue weighted by molar-refractivity contribution is -0.116.